The van der Waals surface area contributed by atoms with Gasteiger partial charge in [0.25, 0.3) is 0 Å². The van der Waals surface area contributed by atoms with Crippen molar-refractivity contribution >= 4 is 27.9 Å². The molecule has 7 heteroatoms. The van der Waals surface area contributed by atoms with E-state index >= 15 is 0 Å². The number of aromatic carboxylic acids is 1. The minimum Gasteiger partial charge on any atom is -0.478 e. The highest BCUT2D eigenvalue weighted by Crippen LogP contribution is 2.20. The fraction of sp³-hybridized carbons (Fsp3) is 0.235. The number of carboxylic acid groups (broad SMARTS) is 1. The highest BCUT2D eigenvalue weighted by atomic mass is 32.2. The Morgan fingerprint density at radius 2 is 2.12 bits per heavy atom. The zero-order valence-corrected chi connectivity index (χ0v) is 14.0. The van der Waals surface area contributed by atoms with Crippen molar-refractivity contribution < 1.29 is 14.1 Å². The molecule has 1 N–H and O–H groups in total. The van der Waals surface area contributed by atoms with Gasteiger partial charge in [-0.25, -0.2) is 14.8 Å². The number of fused-ring (bicyclic) bond motifs is 1. The number of nitrogens with zero attached hydrogens (tertiary/aromatic N) is 3. The summed E-state index contributed by atoms with van der Waals surface area (Å²) in [6.45, 7) is 2.06. The molecule has 0 aliphatic heterocycles. The molecule has 0 fully saturated rings. The lowest BCUT2D eigenvalue weighted by molar-refractivity contribution is 0.0697. The lowest BCUT2D eigenvalue weighted by Crippen LogP contribution is -2.01. The smallest absolute Gasteiger partial charge is 0.335 e. The Kier molecular flexibility index (Phi) is 4.71. The van der Waals surface area contributed by atoms with Gasteiger partial charge in [0.05, 0.1) is 21.3 Å². The van der Waals surface area contributed by atoms with E-state index in [0.717, 1.165) is 12.8 Å². The van der Waals surface area contributed by atoms with Gasteiger partial charge in [-0.1, -0.05) is 19.4 Å². The molecule has 1 unspecified atom stereocenters. The van der Waals surface area contributed by atoms with Crippen LogP contribution in [0.15, 0.2) is 47.8 Å². The number of carbonyl (C=O) groups is 1. The van der Waals surface area contributed by atoms with Crippen LogP contribution < -0.4 is 0 Å². The number of hydrogen-bond acceptors (Lipinski definition) is 4. The number of unbranched alkanes of at least 4 members (excludes halogenated alkanes) is 1. The fourth-order valence-electron chi connectivity index (χ4n) is 2.38. The molecule has 1 atom stereocenters. The molecule has 0 amide bonds. The molecule has 6 nitrogen and oxygen atoms in total. The van der Waals surface area contributed by atoms with Crippen LogP contribution in [0.3, 0.4) is 0 Å². The summed E-state index contributed by atoms with van der Waals surface area (Å²) in [4.78, 5) is 20.5. The average molecular weight is 343 g/mol. The number of benzene rings is 1. The van der Waals surface area contributed by atoms with Crippen LogP contribution in [-0.4, -0.2) is 35.6 Å². The number of imidazole rings is 1. The molecule has 2 aromatic heterocycles. The third kappa shape index (κ3) is 3.21. The lowest BCUT2D eigenvalue weighted by Gasteiger charge is -2.05. The van der Waals surface area contributed by atoms with E-state index in [9.17, 15) is 9.00 Å². The van der Waals surface area contributed by atoms with Crippen molar-refractivity contribution in [2.24, 2.45) is 0 Å². The van der Waals surface area contributed by atoms with Crippen molar-refractivity contribution in [1.29, 1.82) is 0 Å². The molecule has 1 aromatic carbocycles. The van der Waals surface area contributed by atoms with Crippen LogP contribution in [0.4, 0.5) is 0 Å². The van der Waals surface area contributed by atoms with Crippen LogP contribution in [0.2, 0.25) is 0 Å². The summed E-state index contributed by atoms with van der Waals surface area (Å²) in [5.41, 5.74) is 2.11. The van der Waals surface area contributed by atoms with Crippen molar-refractivity contribution in [1.82, 2.24) is 14.5 Å². The van der Waals surface area contributed by atoms with E-state index in [1.165, 1.54) is 6.07 Å². The Hall–Kier alpha value is -2.54. The molecule has 0 aliphatic rings. The summed E-state index contributed by atoms with van der Waals surface area (Å²) in [5.74, 6) is -0.367. The zero-order valence-electron chi connectivity index (χ0n) is 13.2. The molecule has 3 rings (SSSR count). The van der Waals surface area contributed by atoms with Crippen LogP contribution in [0.1, 0.15) is 30.1 Å². The van der Waals surface area contributed by atoms with Gasteiger partial charge in [-0.3, -0.25) is 8.78 Å². The third-order valence-corrected chi connectivity index (χ3v) is 5.09. The number of carboxylic acids is 1. The van der Waals surface area contributed by atoms with Crippen molar-refractivity contribution in [3.8, 4) is 5.69 Å². The van der Waals surface area contributed by atoms with Crippen LogP contribution in [0.25, 0.3) is 16.9 Å². The molecule has 2 heterocycles. The molecular formula is C17H17N3O3S. The van der Waals surface area contributed by atoms with E-state index in [0.29, 0.717) is 27.5 Å². The standard InChI is InChI=1S/C17H17N3O3S/c1-2-3-7-24(23)14-9-15-16(18-10-14)20(11-19-15)13-6-4-5-12(8-13)17(21)22/h4-6,8-11H,2-3,7H2,1H3,(H,21,22). The molecule has 0 saturated heterocycles. The van der Waals surface area contributed by atoms with Crippen molar-refractivity contribution in [3.05, 3.63) is 48.4 Å². The van der Waals surface area contributed by atoms with Crippen LogP contribution in [-0.2, 0) is 10.8 Å². The molecule has 0 aliphatic carbocycles. The molecule has 124 valence electrons. The largest absolute Gasteiger partial charge is 0.478 e. The number of aromatic nitrogens is 3. The van der Waals surface area contributed by atoms with Crippen LogP contribution in [0.5, 0.6) is 0 Å². The first-order valence-electron chi connectivity index (χ1n) is 7.65. The first-order valence-corrected chi connectivity index (χ1v) is 8.97. The summed E-state index contributed by atoms with van der Waals surface area (Å²) in [6.07, 6.45) is 5.10. The van der Waals surface area contributed by atoms with Gasteiger partial charge >= 0.3 is 5.97 Å². The second-order valence-corrected chi connectivity index (χ2v) is 6.96. The van der Waals surface area contributed by atoms with Gasteiger partial charge in [0.2, 0.25) is 0 Å². The van der Waals surface area contributed by atoms with Gasteiger partial charge in [-0.15, -0.1) is 0 Å². The molecule has 0 saturated carbocycles. The van der Waals surface area contributed by atoms with E-state index in [1.807, 2.05) is 0 Å². The summed E-state index contributed by atoms with van der Waals surface area (Å²) in [7, 11) is -1.07. The zero-order chi connectivity index (χ0) is 17.1. The van der Waals surface area contributed by atoms with E-state index < -0.39 is 16.8 Å². The fourth-order valence-corrected chi connectivity index (χ4v) is 3.58. The molecular weight excluding hydrogens is 326 g/mol. The minimum atomic E-state index is -1.07. The summed E-state index contributed by atoms with van der Waals surface area (Å²) in [5, 5.41) is 9.11. The first kappa shape index (κ1) is 16.3. The second kappa shape index (κ2) is 6.92. The maximum Gasteiger partial charge on any atom is 0.335 e. The van der Waals surface area contributed by atoms with Crippen molar-refractivity contribution in [2.75, 3.05) is 5.75 Å². The normalized spacial score (nSPS) is 12.4. The first-order chi connectivity index (χ1) is 11.6. The predicted molar refractivity (Wildman–Crippen MR) is 92.0 cm³/mol. The summed E-state index contributed by atoms with van der Waals surface area (Å²) >= 11 is 0. The molecule has 0 radical (unpaired) electrons. The topological polar surface area (TPSA) is 85.1 Å². The highest BCUT2D eigenvalue weighted by Gasteiger charge is 2.11. The van der Waals surface area contributed by atoms with E-state index in [-0.39, 0.29) is 5.56 Å². The Bertz CT molecular complexity index is 920. The molecule has 24 heavy (non-hydrogen) atoms. The molecule has 0 bridgehead atoms. The van der Waals surface area contributed by atoms with Gasteiger partial charge in [-0.05, 0) is 30.7 Å². The SMILES string of the molecule is CCCCS(=O)c1cnc2c(c1)ncn2-c1cccc(C(=O)O)c1. The van der Waals surface area contributed by atoms with Crippen LogP contribution in [0, 0.1) is 0 Å². The lowest BCUT2D eigenvalue weighted by atomic mass is 10.2. The third-order valence-electron chi connectivity index (χ3n) is 3.68. The van der Waals surface area contributed by atoms with Gasteiger partial charge < -0.3 is 5.11 Å². The van der Waals surface area contributed by atoms with Crippen molar-refractivity contribution in [2.45, 2.75) is 24.7 Å². The van der Waals surface area contributed by atoms with Gasteiger partial charge in [0.15, 0.2) is 5.65 Å². The summed E-state index contributed by atoms with van der Waals surface area (Å²) < 4.78 is 13.9. The average Bonchev–Trinajstić information content (AvgIpc) is 3.02. The number of pyridine rings is 1. The van der Waals surface area contributed by atoms with Crippen LogP contribution >= 0.6 is 0 Å². The molecule has 0 spiro atoms. The second-order valence-electron chi connectivity index (χ2n) is 5.39. The summed E-state index contributed by atoms with van der Waals surface area (Å²) in [6, 6.07) is 8.36. The Morgan fingerprint density at radius 1 is 1.29 bits per heavy atom. The van der Waals surface area contributed by atoms with Gasteiger partial charge in [0, 0.05) is 17.6 Å². The van der Waals surface area contributed by atoms with Crippen molar-refractivity contribution in [3.63, 3.8) is 0 Å². The predicted octanol–water partition coefficient (Wildman–Crippen LogP) is 3.03. The number of hydrogen-bond donors (Lipinski definition) is 1. The maximum atomic E-state index is 12.2. The van der Waals surface area contributed by atoms with Gasteiger partial charge in [-0.2, -0.15) is 0 Å². The van der Waals surface area contributed by atoms with E-state index in [1.54, 1.807) is 41.4 Å². The van der Waals surface area contributed by atoms with E-state index in [2.05, 4.69) is 16.9 Å². The quantitative estimate of drug-likeness (QED) is 0.743. The Morgan fingerprint density at radius 3 is 2.88 bits per heavy atom. The van der Waals surface area contributed by atoms with E-state index in [4.69, 9.17) is 5.11 Å². The minimum absolute atomic E-state index is 0.201. The Balaban J connectivity index is 1.98. The number of rotatable bonds is 6. The Labute approximate surface area is 141 Å². The monoisotopic (exact) mass is 343 g/mol. The van der Waals surface area contributed by atoms with Gasteiger partial charge in [0.1, 0.15) is 11.8 Å². The molecule has 3 aromatic rings. The highest BCUT2D eigenvalue weighted by molar-refractivity contribution is 7.85. The maximum absolute atomic E-state index is 12.2.